The summed E-state index contributed by atoms with van der Waals surface area (Å²) in [4.78, 5) is 23.4. The first-order valence-electron chi connectivity index (χ1n) is 7.90. The Balaban J connectivity index is 2.20. The van der Waals surface area contributed by atoms with Crippen LogP contribution in [0.2, 0.25) is 0 Å². The Morgan fingerprint density at radius 1 is 1.12 bits per heavy atom. The van der Waals surface area contributed by atoms with Crippen molar-refractivity contribution in [2.45, 2.75) is 32.4 Å². The van der Waals surface area contributed by atoms with Crippen LogP contribution in [0, 0.1) is 5.82 Å². The third-order valence-electron chi connectivity index (χ3n) is 3.46. The largest absolute Gasteiger partial charge is 0.491 e. The Morgan fingerprint density at radius 2 is 1.76 bits per heavy atom. The summed E-state index contributed by atoms with van der Waals surface area (Å²) >= 11 is 0. The maximum Gasteiger partial charge on any atom is 0.305 e. The van der Waals surface area contributed by atoms with Crippen molar-refractivity contribution >= 4 is 11.9 Å². The van der Waals surface area contributed by atoms with Crippen LogP contribution >= 0.6 is 0 Å². The highest BCUT2D eigenvalue weighted by Gasteiger charge is 2.20. The van der Waals surface area contributed by atoms with Crippen molar-refractivity contribution in [2.24, 2.45) is 0 Å². The second-order valence-electron chi connectivity index (χ2n) is 5.84. The lowest BCUT2D eigenvalue weighted by atomic mass is 10.0. The van der Waals surface area contributed by atoms with Gasteiger partial charge in [-0.2, -0.15) is 0 Å². The third kappa shape index (κ3) is 5.31. The van der Waals surface area contributed by atoms with Gasteiger partial charge < -0.3 is 15.2 Å². The molecule has 2 aromatic carbocycles. The Bertz CT molecular complexity index is 743. The Hall–Kier alpha value is -2.89. The lowest BCUT2D eigenvalue weighted by Crippen LogP contribution is -2.30. The van der Waals surface area contributed by atoms with Crippen LogP contribution in [0.4, 0.5) is 4.39 Å². The first-order valence-corrected chi connectivity index (χ1v) is 7.90. The van der Waals surface area contributed by atoms with Crippen molar-refractivity contribution < 1.29 is 23.8 Å². The number of ether oxygens (including phenoxy) is 1. The molecular weight excluding hydrogens is 325 g/mol. The molecule has 0 radical (unpaired) electrons. The molecule has 0 aliphatic rings. The van der Waals surface area contributed by atoms with Crippen molar-refractivity contribution in [1.29, 1.82) is 0 Å². The van der Waals surface area contributed by atoms with Crippen molar-refractivity contribution in [2.75, 3.05) is 0 Å². The van der Waals surface area contributed by atoms with E-state index in [2.05, 4.69) is 5.32 Å². The molecule has 0 aliphatic carbocycles. The van der Waals surface area contributed by atoms with Gasteiger partial charge in [0.15, 0.2) is 0 Å². The number of carbonyl (C=O) groups excluding carboxylic acids is 1. The number of rotatable bonds is 7. The molecule has 1 amide bonds. The van der Waals surface area contributed by atoms with Crippen LogP contribution in [-0.4, -0.2) is 23.1 Å². The van der Waals surface area contributed by atoms with E-state index in [0.717, 1.165) is 0 Å². The first-order chi connectivity index (χ1) is 11.9. The van der Waals surface area contributed by atoms with Gasteiger partial charge in [-0.15, -0.1) is 0 Å². The average molecular weight is 345 g/mol. The quantitative estimate of drug-likeness (QED) is 0.804. The molecule has 0 aliphatic heterocycles. The molecule has 6 heteroatoms. The van der Waals surface area contributed by atoms with E-state index in [4.69, 9.17) is 9.84 Å². The first kappa shape index (κ1) is 18.4. The van der Waals surface area contributed by atoms with Crippen molar-refractivity contribution in [1.82, 2.24) is 5.32 Å². The highest BCUT2D eigenvalue weighted by atomic mass is 19.1. The third-order valence-corrected chi connectivity index (χ3v) is 3.46. The number of benzene rings is 2. The number of carboxylic acids is 1. The van der Waals surface area contributed by atoms with Gasteiger partial charge in [-0.05, 0) is 43.7 Å². The fourth-order valence-electron chi connectivity index (χ4n) is 2.36. The van der Waals surface area contributed by atoms with Crippen molar-refractivity contribution in [3.05, 3.63) is 65.5 Å². The molecule has 0 aromatic heterocycles. The van der Waals surface area contributed by atoms with Gasteiger partial charge in [0.1, 0.15) is 11.6 Å². The number of amides is 1. The number of carbonyl (C=O) groups is 2. The minimum Gasteiger partial charge on any atom is -0.491 e. The van der Waals surface area contributed by atoms with E-state index in [9.17, 15) is 14.0 Å². The highest BCUT2D eigenvalue weighted by molar-refractivity contribution is 5.94. The normalized spacial score (nSPS) is 11.8. The number of carboxylic acid groups (broad SMARTS) is 1. The van der Waals surface area contributed by atoms with Crippen LogP contribution in [0.15, 0.2) is 48.5 Å². The minimum absolute atomic E-state index is 0.0152. The summed E-state index contributed by atoms with van der Waals surface area (Å²) < 4.78 is 19.3. The van der Waals surface area contributed by atoms with Crippen LogP contribution in [-0.2, 0) is 4.79 Å². The molecule has 2 rings (SSSR count). The molecule has 5 nitrogen and oxygen atoms in total. The number of hydrogen-bond donors (Lipinski definition) is 2. The summed E-state index contributed by atoms with van der Waals surface area (Å²) in [6.45, 7) is 3.80. The predicted molar refractivity (Wildman–Crippen MR) is 91.1 cm³/mol. The standard InChI is InChI=1S/C19H20FNO4/c1-12(2)25-14-9-7-13(8-10-14)17(11-18(22)23)21-19(24)15-5-3-4-6-16(15)20/h3-10,12,17H,11H2,1-2H3,(H,21,24)(H,22,23)/t17-/m1/s1. The predicted octanol–water partition coefficient (Wildman–Crippen LogP) is 3.56. The second-order valence-corrected chi connectivity index (χ2v) is 5.84. The van der Waals surface area contributed by atoms with E-state index in [-0.39, 0.29) is 18.1 Å². The van der Waals surface area contributed by atoms with Gasteiger partial charge in [0.05, 0.1) is 24.1 Å². The van der Waals surface area contributed by atoms with Crippen LogP contribution in [0.3, 0.4) is 0 Å². The summed E-state index contributed by atoms with van der Waals surface area (Å²) in [5, 5.41) is 11.7. The van der Waals surface area contributed by atoms with E-state index < -0.39 is 23.7 Å². The average Bonchev–Trinajstić information content (AvgIpc) is 2.54. The van der Waals surface area contributed by atoms with Crippen LogP contribution < -0.4 is 10.1 Å². The number of aliphatic carboxylic acids is 1. The van der Waals surface area contributed by atoms with Crippen LogP contribution in [0.25, 0.3) is 0 Å². The minimum atomic E-state index is -1.07. The molecule has 0 spiro atoms. The summed E-state index contributed by atoms with van der Waals surface area (Å²) in [6.07, 6.45) is -0.300. The van der Waals surface area contributed by atoms with Gasteiger partial charge in [0, 0.05) is 0 Å². The van der Waals surface area contributed by atoms with E-state index in [0.29, 0.717) is 11.3 Å². The van der Waals surface area contributed by atoms with Crippen molar-refractivity contribution in [3.63, 3.8) is 0 Å². The molecule has 0 bridgehead atoms. The number of halogens is 1. The molecule has 0 saturated carbocycles. The molecule has 0 saturated heterocycles. The van der Waals surface area contributed by atoms with E-state index in [1.54, 1.807) is 30.3 Å². The lowest BCUT2D eigenvalue weighted by molar-refractivity contribution is -0.137. The molecule has 0 heterocycles. The highest BCUT2D eigenvalue weighted by Crippen LogP contribution is 2.22. The number of nitrogens with one attached hydrogen (secondary N) is 1. The van der Waals surface area contributed by atoms with Gasteiger partial charge in [-0.3, -0.25) is 9.59 Å². The Morgan fingerprint density at radius 3 is 2.32 bits per heavy atom. The van der Waals surface area contributed by atoms with E-state index in [1.807, 2.05) is 13.8 Å². The fraction of sp³-hybridized carbons (Fsp3) is 0.263. The molecule has 132 valence electrons. The molecule has 25 heavy (non-hydrogen) atoms. The zero-order chi connectivity index (χ0) is 18.4. The molecule has 2 aromatic rings. The van der Waals surface area contributed by atoms with Crippen LogP contribution in [0.5, 0.6) is 5.75 Å². The van der Waals surface area contributed by atoms with Gasteiger partial charge in [-0.25, -0.2) is 4.39 Å². The van der Waals surface area contributed by atoms with Gasteiger partial charge in [0.2, 0.25) is 0 Å². The summed E-state index contributed by atoms with van der Waals surface area (Å²) in [7, 11) is 0. The molecule has 0 unspecified atom stereocenters. The zero-order valence-electron chi connectivity index (χ0n) is 14.0. The topological polar surface area (TPSA) is 75.6 Å². The van der Waals surface area contributed by atoms with Gasteiger partial charge >= 0.3 is 5.97 Å². The summed E-state index contributed by atoms with van der Waals surface area (Å²) in [5.74, 6) is -1.74. The maximum absolute atomic E-state index is 13.7. The fourth-order valence-corrected chi connectivity index (χ4v) is 2.36. The monoisotopic (exact) mass is 345 g/mol. The second kappa shape index (κ2) is 8.28. The smallest absolute Gasteiger partial charge is 0.305 e. The summed E-state index contributed by atoms with van der Waals surface area (Å²) in [6, 6.07) is 11.6. The summed E-state index contributed by atoms with van der Waals surface area (Å²) in [5.41, 5.74) is 0.473. The Labute approximate surface area is 145 Å². The Kier molecular flexibility index (Phi) is 6.11. The molecule has 0 fully saturated rings. The van der Waals surface area contributed by atoms with Crippen LogP contribution in [0.1, 0.15) is 42.2 Å². The maximum atomic E-state index is 13.7. The molecular formula is C19H20FNO4. The van der Waals surface area contributed by atoms with Crippen molar-refractivity contribution in [3.8, 4) is 5.75 Å². The lowest BCUT2D eigenvalue weighted by Gasteiger charge is -2.18. The molecule has 2 N–H and O–H groups in total. The van der Waals surface area contributed by atoms with E-state index >= 15 is 0 Å². The van der Waals surface area contributed by atoms with Gasteiger partial charge in [-0.1, -0.05) is 24.3 Å². The van der Waals surface area contributed by atoms with E-state index in [1.165, 1.54) is 18.2 Å². The van der Waals surface area contributed by atoms with Gasteiger partial charge in [0.25, 0.3) is 5.91 Å². The zero-order valence-corrected chi connectivity index (χ0v) is 14.0. The SMILES string of the molecule is CC(C)Oc1ccc([C@@H](CC(=O)O)NC(=O)c2ccccc2F)cc1. The number of hydrogen-bond acceptors (Lipinski definition) is 3. The molecule has 1 atom stereocenters.